The maximum Gasteiger partial charge on any atom is 0.407 e. The predicted octanol–water partition coefficient (Wildman–Crippen LogP) is 2.83. The normalized spacial score (nSPS) is 15.1. The van der Waals surface area contributed by atoms with E-state index in [1.165, 1.54) is 11.2 Å². The summed E-state index contributed by atoms with van der Waals surface area (Å²) in [6.07, 6.45) is 0.558. The third-order valence-corrected chi connectivity index (χ3v) is 4.44. The monoisotopic (exact) mass is 332 g/mol. The molecule has 1 fully saturated rings. The number of fused-ring (bicyclic) bond motifs is 3. The summed E-state index contributed by atoms with van der Waals surface area (Å²) in [5.41, 5.74) is 2.01. The van der Waals surface area contributed by atoms with Gasteiger partial charge in [0.1, 0.15) is 17.4 Å². The summed E-state index contributed by atoms with van der Waals surface area (Å²) in [4.78, 5) is 22.9. The number of carboxylic acid groups (broad SMARTS) is 1. The van der Waals surface area contributed by atoms with Crippen molar-refractivity contribution in [1.82, 2.24) is 14.9 Å². The number of furan rings is 1. The lowest BCUT2D eigenvalue weighted by atomic mass is 10.1. The first-order valence-electron chi connectivity index (χ1n) is 7.08. The molecular formula is C15H13ClN4O3. The summed E-state index contributed by atoms with van der Waals surface area (Å²) in [5, 5.41) is 10.5. The fourth-order valence-corrected chi connectivity index (χ4v) is 2.96. The van der Waals surface area contributed by atoms with Gasteiger partial charge in [-0.2, -0.15) is 0 Å². The van der Waals surface area contributed by atoms with Crippen molar-refractivity contribution in [2.24, 2.45) is 0 Å². The first-order valence-corrected chi connectivity index (χ1v) is 7.46. The summed E-state index contributed by atoms with van der Waals surface area (Å²) in [6, 6.07) is 5.34. The molecule has 1 aliphatic rings. The number of halogens is 1. The van der Waals surface area contributed by atoms with Crippen molar-refractivity contribution in [2.45, 2.75) is 6.04 Å². The highest BCUT2D eigenvalue weighted by Crippen LogP contribution is 2.35. The van der Waals surface area contributed by atoms with Crippen LogP contribution in [0.4, 0.5) is 10.6 Å². The fraction of sp³-hybridized carbons (Fsp3) is 0.267. The van der Waals surface area contributed by atoms with E-state index < -0.39 is 6.09 Å². The average Bonchev–Trinajstić information content (AvgIpc) is 2.84. The minimum absolute atomic E-state index is 0.0451. The topological polar surface area (TPSA) is 82.7 Å². The number of anilines is 1. The molecular weight excluding hydrogens is 320 g/mol. The fourth-order valence-electron chi connectivity index (χ4n) is 2.79. The Morgan fingerprint density at radius 1 is 1.43 bits per heavy atom. The van der Waals surface area contributed by atoms with E-state index in [9.17, 15) is 4.79 Å². The van der Waals surface area contributed by atoms with Gasteiger partial charge >= 0.3 is 6.09 Å². The van der Waals surface area contributed by atoms with Gasteiger partial charge in [0.05, 0.1) is 6.04 Å². The van der Waals surface area contributed by atoms with Gasteiger partial charge in [0.15, 0.2) is 11.4 Å². The Morgan fingerprint density at radius 2 is 2.22 bits per heavy atom. The molecule has 1 aromatic carbocycles. The van der Waals surface area contributed by atoms with Crippen molar-refractivity contribution in [1.29, 1.82) is 0 Å². The van der Waals surface area contributed by atoms with Crippen molar-refractivity contribution >= 4 is 45.6 Å². The molecule has 0 saturated carbocycles. The number of nitrogens with zero attached hydrogens (tertiary/aromatic N) is 4. The number of benzene rings is 1. The summed E-state index contributed by atoms with van der Waals surface area (Å²) in [6.45, 7) is 1.15. The standard InChI is InChI=1S/C15H13ClN4O3/c1-19(15(21)22)9-5-20(6-9)14-13-12(17-7-18-14)10-4-8(16)2-3-11(10)23-13/h2-4,7,9H,5-6H2,1H3,(H,21,22). The molecule has 1 aliphatic heterocycles. The van der Waals surface area contributed by atoms with Crippen LogP contribution in [0.3, 0.4) is 0 Å². The van der Waals surface area contributed by atoms with Gasteiger partial charge in [-0.3, -0.25) is 0 Å². The lowest BCUT2D eigenvalue weighted by Gasteiger charge is -2.43. The van der Waals surface area contributed by atoms with E-state index >= 15 is 0 Å². The van der Waals surface area contributed by atoms with Gasteiger partial charge in [-0.25, -0.2) is 14.8 Å². The second-order valence-corrected chi connectivity index (χ2v) is 6.01. The van der Waals surface area contributed by atoms with Crippen LogP contribution in [-0.2, 0) is 0 Å². The largest absolute Gasteiger partial charge is 0.465 e. The third kappa shape index (κ3) is 2.16. The van der Waals surface area contributed by atoms with Crippen LogP contribution in [0.5, 0.6) is 0 Å². The summed E-state index contributed by atoms with van der Waals surface area (Å²) in [5.74, 6) is 0.678. The van der Waals surface area contributed by atoms with Crippen molar-refractivity contribution in [3.05, 3.63) is 29.5 Å². The summed E-state index contributed by atoms with van der Waals surface area (Å²) >= 11 is 6.04. The van der Waals surface area contributed by atoms with Crippen molar-refractivity contribution in [3.8, 4) is 0 Å². The zero-order valence-electron chi connectivity index (χ0n) is 12.2. The second-order valence-electron chi connectivity index (χ2n) is 5.57. The van der Waals surface area contributed by atoms with Gasteiger partial charge < -0.3 is 19.3 Å². The van der Waals surface area contributed by atoms with Crippen LogP contribution in [0.15, 0.2) is 28.9 Å². The molecule has 2 aromatic heterocycles. The maximum atomic E-state index is 11.0. The molecule has 118 valence electrons. The first kappa shape index (κ1) is 14.1. The molecule has 0 atom stereocenters. The van der Waals surface area contributed by atoms with E-state index in [2.05, 4.69) is 9.97 Å². The van der Waals surface area contributed by atoms with E-state index in [-0.39, 0.29) is 6.04 Å². The third-order valence-electron chi connectivity index (χ3n) is 4.21. The van der Waals surface area contributed by atoms with Gasteiger partial charge in [0, 0.05) is 30.5 Å². The lowest BCUT2D eigenvalue weighted by molar-refractivity contribution is 0.130. The Bertz CT molecular complexity index is 920. The minimum Gasteiger partial charge on any atom is -0.465 e. The summed E-state index contributed by atoms with van der Waals surface area (Å²) < 4.78 is 5.88. The number of rotatable bonds is 2. The van der Waals surface area contributed by atoms with E-state index in [0.29, 0.717) is 40.6 Å². The van der Waals surface area contributed by atoms with Gasteiger partial charge in [-0.05, 0) is 18.2 Å². The van der Waals surface area contributed by atoms with Crippen molar-refractivity contribution in [2.75, 3.05) is 25.0 Å². The molecule has 0 bridgehead atoms. The number of amides is 1. The Balaban J connectivity index is 1.72. The van der Waals surface area contributed by atoms with E-state index in [1.54, 1.807) is 19.2 Å². The molecule has 4 rings (SSSR count). The molecule has 0 unspecified atom stereocenters. The zero-order valence-corrected chi connectivity index (χ0v) is 13.0. The maximum absolute atomic E-state index is 11.0. The number of likely N-dealkylation sites (N-methyl/N-ethyl adjacent to an activating group) is 1. The lowest BCUT2D eigenvalue weighted by Crippen LogP contribution is -2.59. The number of carbonyl (C=O) groups is 1. The Kier molecular flexibility index (Phi) is 3.05. The molecule has 0 radical (unpaired) electrons. The Labute approximate surface area is 136 Å². The Hall–Kier alpha value is -2.54. The number of aromatic nitrogens is 2. The van der Waals surface area contributed by atoms with E-state index in [0.717, 1.165) is 5.39 Å². The van der Waals surface area contributed by atoms with Crippen LogP contribution in [0.25, 0.3) is 22.1 Å². The van der Waals surface area contributed by atoms with Gasteiger partial charge in [0.2, 0.25) is 0 Å². The highest BCUT2D eigenvalue weighted by molar-refractivity contribution is 6.31. The van der Waals surface area contributed by atoms with Crippen LogP contribution in [0, 0.1) is 0 Å². The molecule has 1 amide bonds. The first-order chi connectivity index (χ1) is 11.0. The molecule has 3 heterocycles. The molecule has 1 N–H and O–H groups in total. The van der Waals surface area contributed by atoms with Gasteiger partial charge in [0.25, 0.3) is 0 Å². The average molecular weight is 333 g/mol. The number of hydrogen-bond acceptors (Lipinski definition) is 5. The van der Waals surface area contributed by atoms with Crippen molar-refractivity contribution < 1.29 is 14.3 Å². The molecule has 0 spiro atoms. The second kappa shape index (κ2) is 4.99. The van der Waals surface area contributed by atoms with Gasteiger partial charge in [-0.15, -0.1) is 0 Å². The molecule has 7 nitrogen and oxygen atoms in total. The SMILES string of the molecule is CN(C(=O)O)C1CN(c2ncnc3c2oc2ccc(Cl)cc23)C1. The zero-order chi connectivity index (χ0) is 16.1. The van der Waals surface area contributed by atoms with Crippen LogP contribution in [0.1, 0.15) is 0 Å². The van der Waals surface area contributed by atoms with Gasteiger partial charge in [-0.1, -0.05) is 11.6 Å². The quantitative estimate of drug-likeness (QED) is 0.777. The van der Waals surface area contributed by atoms with E-state index in [1.807, 2.05) is 11.0 Å². The van der Waals surface area contributed by atoms with E-state index in [4.69, 9.17) is 21.1 Å². The molecule has 23 heavy (non-hydrogen) atoms. The minimum atomic E-state index is -0.930. The molecule has 1 saturated heterocycles. The molecule has 0 aliphatic carbocycles. The van der Waals surface area contributed by atoms with Crippen LogP contribution < -0.4 is 4.90 Å². The van der Waals surface area contributed by atoms with Crippen LogP contribution in [-0.4, -0.2) is 52.2 Å². The molecule has 3 aromatic rings. The number of hydrogen-bond donors (Lipinski definition) is 1. The van der Waals surface area contributed by atoms with Crippen LogP contribution >= 0.6 is 11.6 Å². The highest BCUT2D eigenvalue weighted by Gasteiger charge is 2.35. The predicted molar refractivity (Wildman–Crippen MR) is 86.1 cm³/mol. The summed E-state index contributed by atoms with van der Waals surface area (Å²) in [7, 11) is 1.57. The Morgan fingerprint density at radius 3 is 2.96 bits per heavy atom. The smallest absolute Gasteiger partial charge is 0.407 e. The molecule has 8 heteroatoms. The van der Waals surface area contributed by atoms with Crippen molar-refractivity contribution in [3.63, 3.8) is 0 Å². The highest BCUT2D eigenvalue weighted by atomic mass is 35.5. The van der Waals surface area contributed by atoms with Crippen LogP contribution in [0.2, 0.25) is 5.02 Å².